The number of aryl methyl sites for hydroxylation is 1. The average molecular weight is 465 g/mol. The number of carbonyl (C=O) groups is 3. The normalized spacial score (nSPS) is 13.1. The summed E-state index contributed by atoms with van der Waals surface area (Å²) in [5, 5.41) is 7.60. The molecule has 1 aliphatic heterocycles. The fourth-order valence-corrected chi connectivity index (χ4v) is 4.32. The summed E-state index contributed by atoms with van der Waals surface area (Å²) in [4.78, 5) is 39.2. The summed E-state index contributed by atoms with van der Waals surface area (Å²) in [6, 6.07) is 11.4. The Kier molecular flexibility index (Phi) is 6.08. The maximum atomic E-state index is 12.7. The number of hydrogen-bond acceptors (Lipinski definition) is 4. The van der Waals surface area contributed by atoms with Crippen molar-refractivity contribution in [3.63, 3.8) is 0 Å². The average Bonchev–Trinajstić information content (AvgIpc) is 3.16. The molecule has 0 bridgehead atoms. The van der Waals surface area contributed by atoms with Crippen LogP contribution in [0.4, 0.5) is 11.4 Å². The molecule has 0 saturated heterocycles. The Balaban J connectivity index is 1.50. The lowest BCUT2D eigenvalue weighted by atomic mass is 10.1. The highest BCUT2D eigenvalue weighted by atomic mass is 35.5. The highest BCUT2D eigenvalue weighted by molar-refractivity contribution is 6.40. The molecule has 170 valence electrons. The van der Waals surface area contributed by atoms with E-state index < -0.39 is 11.8 Å². The van der Waals surface area contributed by atoms with E-state index in [-0.39, 0.29) is 23.0 Å². The molecule has 0 radical (unpaired) electrons. The summed E-state index contributed by atoms with van der Waals surface area (Å²) in [6.45, 7) is 8.92. The molecule has 2 heterocycles. The molecule has 3 amide bonds. The number of nitrogens with zero attached hydrogens (tertiary/aromatic N) is 3. The molecule has 8 heteroatoms. The van der Waals surface area contributed by atoms with E-state index in [1.807, 2.05) is 18.5 Å². The molecule has 33 heavy (non-hydrogen) atoms. The molecule has 1 aliphatic rings. The van der Waals surface area contributed by atoms with Gasteiger partial charge in [0, 0.05) is 23.5 Å². The van der Waals surface area contributed by atoms with Crippen molar-refractivity contribution in [1.29, 1.82) is 0 Å². The summed E-state index contributed by atoms with van der Waals surface area (Å²) < 4.78 is 1.94. The number of benzene rings is 2. The first-order valence-electron chi connectivity index (χ1n) is 10.8. The van der Waals surface area contributed by atoms with E-state index in [1.165, 1.54) is 0 Å². The number of hydrogen-bond donors (Lipinski definition) is 1. The third-order valence-corrected chi connectivity index (χ3v) is 5.98. The quantitative estimate of drug-likeness (QED) is 0.531. The molecule has 1 N–H and O–H groups in total. The van der Waals surface area contributed by atoms with Crippen molar-refractivity contribution in [2.45, 2.75) is 40.7 Å². The van der Waals surface area contributed by atoms with E-state index in [1.54, 1.807) is 42.5 Å². The van der Waals surface area contributed by atoms with Gasteiger partial charge in [-0.05, 0) is 50.1 Å². The summed E-state index contributed by atoms with van der Waals surface area (Å²) in [5.74, 6) is -0.584. The van der Waals surface area contributed by atoms with E-state index in [9.17, 15) is 14.4 Å². The third-order valence-electron chi connectivity index (χ3n) is 5.67. The van der Waals surface area contributed by atoms with Crippen molar-refractivity contribution >= 4 is 40.7 Å². The van der Waals surface area contributed by atoms with Crippen molar-refractivity contribution in [3.8, 4) is 0 Å². The van der Waals surface area contributed by atoms with Crippen LogP contribution in [-0.2, 0) is 17.8 Å². The smallest absolute Gasteiger partial charge is 0.266 e. The van der Waals surface area contributed by atoms with Crippen LogP contribution in [0.25, 0.3) is 0 Å². The van der Waals surface area contributed by atoms with Crippen molar-refractivity contribution in [3.05, 3.63) is 75.6 Å². The van der Waals surface area contributed by atoms with Gasteiger partial charge in [0.15, 0.2) is 0 Å². The van der Waals surface area contributed by atoms with Crippen LogP contribution in [0.5, 0.6) is 0 Å². The number of anilines is 2. The zero-order valence-corrected chi connectivity index (χ0v) is 19.7. The molecular formula is C25H25ClN4O3. The fourth-order valence-electron chi connectivity index (χ4n) is 4.05. The fraction of sp³-hybridized carbons (Fsp3) is 0.280. The van der Waals surface area contributed by atoms with E-state index in [0.29, 0.717) is 22.7 Å². The Morgan fingerprint density at radius 1 is 1.06 bits per heavy atom. The maximum Gasteiger partial charge on any atom is 0.266 e. The predicted molar refractivity (Wildman–Crippen MR) is 128 cm³/mol. The number of halogens is 1. The van der Waals surface area contributed by atoms with Crippen LogP contribution in [0.1, 0.15) is 51.5 Å². The number of nitrogens with one attached hydrogen (secondary N) is 1. The lowest BCUT2D eigenvalue weighted by Crippen LogP contribution is -2.29. The Labute approximate surface area is 197 Å². The maximum absolute atomic E-state index is 12.7. The topological polar surface area (TPSA) is 84.3 Å². The molecule has 0 saturated carbocycles. The Bertz CT molecular complexity index is 1240. The molecule has 3 aromatic rings. The molecule has 2 aromatic carbocycles. The second kappa shape index (κ2) is 8.83. The van der Waals surface area contributed by atoms with Crippen LogP contribution >= 0.6 is 11.6 Å². The lowest BCUT2D eigenvalue weighted by molar-refractivity contribution is -0.115. The molecule has 7 nitrogen and oxygen atoms in total. The van der Waals surface area contributed by atoms with Crippen LogP contribution < -0.4 is 10.2 Å². The first-order chi connectivity index (χ1) is 15.7. The number of carbonyl (C=O) groups excluding carboxylic acids is 3. The number of aromatic nitrogens is 2. The van der Waals surface area contributed by atoms with E-state index in [4.69, 9.17) is 11.6 Å². The van der Waals surface area contributed by atoms with Gasteiger partial charge in [-0.1, -0.05) is 37.6 Å². The molecule has 0 atom stereocenters. The predicted octanol–water partition coefficient (Wildman–Crippen LogP) is 4.79. The minimum Gasteiger partial charge on any atom is -0.326 e. The van der Waals surface area contributed by atoms with Crippen LogP contribution in [0.3, 0.4) is 0 Å². The van der Waals surface area contributed by atoms with E-state index in [0.717, 1.165) is 28.4 Å². The Hall–Kier alpha value is -3.45. The van der Waals surface area contributed by atoms with E-state index >= 15 is 0 Å². The molecule has 0 spiro atoms. The second-order valence-electron chi connectivity index (χ2n) is 8.61. The summed E-state index contributed by atoms with van der Waals surface area (Å²) in [7, 11) is 0. The number of rotatable bonds is 6. The zero-order chi connectivity index (χ0) is 23.9. The number of fused-ring (bicyclic) bond motifs is 1. The van der Waals surface area contributed by atoms with E-state index in [2.05, 4.69) is 24.3 Å². The first kappa shape index (κ1) is 22.7. The Morgan fingerprint density at radius 2 is 1.70 bits per heavy atom. The zero-order valence-electron chi connectivity index (χ0n) is 19.0. The second-order valence-corrected chi connectivity index (χ2v) is 9.01. The molecule has 1 aromatic heterocycles. The van der Waals surface area contributed by atoms with Crippen LogP contribution in [0.15, 0.2) is 42.5 Å². The van der Waals surface area contributed by atoms with Gasteiger partial charge in [0.1, 0.15) is 0 Å². The van der Waals surface area contributed by atoms with Gasteiger partial charge in [0.2, 0.25) is 5.91 Å². The summed E-state index contributed by atoms with van der Waals surface area (Å²) in [6.07, 6.45) is 0.188. The summed E-state index contributed by atoms with van der Waals surface area (Å²) in [5.41, 5.74) is 4.18. The van der Waals surface area contributed by atoms with Gasteiger partial charge < -0.3 is 5.32 Å². The lowest BCUT2D eigenvalue weighted by Gasteiger charge is -2.16. The van der Waals surface area contributed by atoms with Crippen molar-refractivity contribution < 1.29 is 14.4 Å². The third kappa shape index (κ3) is 4.28. The molecule has 0 fully saturated rings. The monoisotopic (exact) mass is 464 g/mol. The van der Waals surface area contributed by atoms with Crippen molar-refractivity contribution in [2.75, 3.05) is 10.2 Å². The van der Waals surface area contributed by atoms with Crippen molar-refractivity contribution in [1.82, 2.24) is 9.78 Å². The van der Waals surface area contributed by atoms with Gasteiger partial charge in [-0.2, -0.15) is 5.10 Å². The minimum atomic E-state index is -0.418. The SMILES string of the molecule is Cc1nn(CC(C)C)c(C)c1CC(=O)Nc1ccc(N2C(=O)c3ccccc3C2=O)c(Cl)c1. The molecule has 0 aliphatic carbocycles. The van der Waals surface area contributed by atoms with Gasteiger partial charge in [-0.25, -0.2) is 4.90 Å². The largest absolute Gasteiger partial charge is 0.326 e. The highest BCUT2D eigenvalue weighted by Crippen LogP contribution is 2.34. The van der Waals surface area contributed by atoms with Crippen LogP contribution in [-0.4, -0.2) is 27.5 Å². The first-order valence-corrected chi connectivity index (χ1v) is 11.1. The standard InChI is InChI=1S/C25H25ClN4O3/c1-14(2)13-29-16(4)20(15(3)28-29)12-23(31)27-17-9-10-22(21(26)11-17)30-24(32)18-7-5-6-8-19(18)25(30)33/h5-11,14H,12-13H2,1-4H3,(H,27,31). The van der Waals surface area contributed by atoms with Crippen LogP contribution in [0.2, 0.25) is 5.02 Å². The molecule has 4 rings (SSSR count). The molecule has 0 unspecified atom stereocenters. The highest BCUT2D eigenvalue weighted by Gasteiger charge is 2.37. The van der Waals surface area contributed by atoms with Crippen LogP contribution in [0, 0.1) is 19.8 Å². The summed E-state index contributed by atoms with van der Waals surface area (Å²) >= 11 is 6.42. The van der Waals surface area contributed by atoms with Crippen molar-refractivity contribution in [2.24, 2.45) is 5.92 Å². The minimum absolute atomic E-state index is 0.188. The number of imide groups is 1. The van der Waals surface area contributed by atoms with Gasteiger partial charge in [-0.3, -0.25) is 19.1 Å². The van der Waals surface area contributed by atoms with Gasteiger partial charge in [0.05, 0.1) is 34.0 Å². The van der Waals surface area contributed by atoms with Gasteiger partial charge in [0.25, 0.3) is 11.8 Å². The Morgan fingerprint density at radius 3 is 2.27 bits per heavy atom. The van der Waals surface area contributed by atoms with Gasteiger partial charge >= 0.3 is 0 Å². The number of amides is 3. The molecular weight excluding hydrogens is 440 g/mol. The van der Waals surface area contributed by atoms with Gasteiger partial charge in [-0.15, -0.1) is 0 Å².